The summed E-state index contributed by atoms with van der Waals surface area (Å²) in [6, 6.07) is 0. The molecule has 0 radical (unpaired) electrons. The van der Waals surface area contributed by atoms with Crippen LogP contribution in [0.15, 0.2) is 12.7 Å². The number of imidazole rings is 1. The SMILES string of the molecule is Nc1ncnc2c1ncn2CCN1CCCC1. The summed E-state index contributed by atoms with van der Waals surface area (Å²) < 4.78 is 2.05. The fourth-order valence-electron chi connectivity index (χ4n) is 2.32. The molecule has 1 saturated heterocycles. The zero-order valence-corrected chi connectivity index (χ0v) is 9.71. The molecule has 3 heterocycles. The van der Waals surface area contributed by atoms with Gasteiger partial charge in [-0.1, -0.05) is 0 Å². The monoisotopic (exact) mass is 232 g/mol. The molecular weight excluding hydrogens is 216 g/mol. The number of likely N-dealkylation sites (tertiary alicyclic amines) is 1. The third-order valence-corrected chi connectivity index (χ3v) is 3.29. The topological polar surface area (TPSA) is 72.9 Å². The van der Waals surface area contributed by atoms with Crippen molar-refractivity contribution in [2.24, 2.45) is 0 Å². The first-order valence-corrected chi connectivity index (χ1v) is 5.98. The van der Waals surface area contributed by atoms with E-state index in [4.69, 9.17) is 5.73 Å². The van der Waals surface area contributed by atoms with Gasteiger partial charge in [-0.05, 0) is 25.9 Å². The fourth-order valence-corrected chi connectivity index (χ4v) is 2.32. The normalized spacial score (nSPS) is 16.9. The predicted octanol–water partition coefficient (Wildman–Crippen LogP) is 0.504. The van der Waals surface area contributed by atoms with Crippen molar-refractivity contribution in [2.45, 2.75) is 19.4 Å². The maximum atomic E-state index is 5.75. The van der Waals surface area contributed by atoms with E-state index in [1.807, 2.05) is 4.57 Å². The van der Waals surface area contributed by atoms with Gasteiger partial charge in [-0.3, -0.25) is 0 Å². The Morgan fingerprint density at radius 3 is 2.76 bits per heavy atom. The number of nitrogens with two attached hydrogens (primary N) is 1. The maximum Gasteiger partial charge on any atom is 0.165 e. The molecule has 6 nitrogen and oxygen atoms in total. The lowest BCUT2D eigenvalue weighted by atomic mass is 10.4. The van der Waals surface area contributed by atoms with Crippen molar-refractivity contribution in [2.75, 3.05) is 25.4 Å². The number of nitrogens with zero attached hydrogens (tertiary/aromatic N) is 5. The Kier molecular flexibility index (Phi) is 2.64. The van der Waals surface area contributed by atoms with E-state index in [-0.39, 0.29) is 0 Å². The average Bonchev–Trinajstić information content (AvgIpc) is 2.95. The van der Waals surface area contributed by atoms with Crippen molar-refractivity contribution in [1.29, 1.82) is 0 Å². The molecule has 3 rings (SSSR count). The molecule has 0 saturated carbocycles. The first kappa shape index (κ1) is 10.5. The molecule has 0 aliphatic carbocycles. The maximum absolute atomic E-state index is 5.75. The van der Waals surface area contributed by atoms with Crippen LogP contribution < -0.4 is 5.73 Å². The molecule has 0 amide bonds. The van der Waals surface area contributed by atoms with Crippen LogP contribution in [0, 0.1) is 0 Å². The van der Waals surface area contributed by atoms with Crippen molar-refractivity contribution in [3.8, 4) is 0 Å². The average molecular weight is 232 g/mol. The third-order valence-electron chi connectivity index (χ3n) is 3.29. The molecular formula is C11H16N6. The van der Waals surface area contributed by atoms with Crippen molar-refractivity contribution in [3.63, 3.8) is 0 Å². The minimum atomic E-state index is 0.454. The van der Waals surface area contributed by atoms with Crippen LogP contribution in [0.5, 0.6) is 0 Å². The van der Waals surface area contributed by atoms with Gasteiger partial charge >= 0.3 is 0 Å². The van der Waals surface area contributed by atoms with E-state index in [1.54, 1.807) is 6.33 Å². The van der Waals surface area contributed by atoms with Gasteiger partial charge in [0.25, 0.3) is 0 Å². The van der Waals surface area contributed by atoms with Gasteiger partial charge in [0.05, 0.1) is 6.33 Å². The number of hydrogen-bond acceptors (Lipinski definition) is 5. The predicted molar refractivity (Wildman–Crippen MR) is 65.4 cm³/mol. The van der Waals surface area contributed by atoms with E-state index in [0.29, 0.717) is 11.3 Å². The van der Waals surface area contributed by atoms with Crippen LogP contribution in [0.3, 0.4) is 0 Å². The van der Waals surface area contributed by atoms with Crippen molar-refractivity contribution >= 4 is 17.0 Å². The second kappa shape index (κ2) is 4.29. The summed E-state index contributed by atoms with van der Waals surface area (Å²) >= 11 is 0. The summed E-state index contributed by atoms with van der Waals surface area (Å²) in [6.07, 6.45) is 5.93. The number of anilines is 1. The standard InChI is InChI=1S/C11H16N6/c12-10-9-11(14-7-13-10)17(8-15-9)6-5-16-3-1-2-4-16/h7-8H,1-6H2,(H2,12,13,14). The number of hydrogen-bond donors (Lipinski definition) is 1. The highest BCUT2D eigenvalue weighted by Crippen LogP contribution is 2.14. The molecule has 6 heteroatoms. The quantitative estimate of drug-likeness (QED) is 0.834. The fraction of sp³-hybridized carbons (Fsp3) is 0.545. The number of fused-ring (bicyclic) bond motifs is 1. The minimum absolute atomic E-state index is 0.454. The molecule has 0 unspecified atom stereocenters. The minimum Gasteiger partial charge on any atom is -0.382 e. The summed E-state index contributed by atoms with van der Waals surface area (Å²) in [4.78, 5) is 14.9. The summed E-state index contributed by atoms with van der Waals surface area (Å²) in [7, 11) is 0. The highest BCUT2D eigenvalue weighted by atomic mass is 15.2. The summed E-state index contributed by atoms with van der Waals surface area (Å²) in [5.74, 6) is 0.454. The van der Waals surface area contributed by atoms with Gasteiger partial charge in [-0.2, -0.15) is 0 Å². The van der Waals surface area contributed by atoms with E-state index < -0.39 is 0 Å². The van der Waals surface area contributed by atoms with E-state index in [9.17, 15) is 0 Å². The van der Waals surface area contributed by atoms with E-state index in [2.05, 4.69) is 19.9 Å². The van der Waals surface area contributed by atoms with E-state index in [0.717, 1.165) is 18.7 Å². The number of nitrogen functional groups attached to an aromatic ring is 1. The van der Waals surface area contributed by atoms with E-state index >= 15 is 0 Å². The molecule has 1 aliphatic heterocycles. The van der Waals surface area contributed by atoms with Crippen LogP contribution in [-0.4, -0.2) is 44.1 Å². The highest BCUT2D eigenvalue weighted by Gasteiger charge is 2.12. The molecule has 1 aliphatic rings. The van der Waals surface area contributed by atoms with Crippen LogP contribution in [-0.2, 0) is 6.54 Å². The summed E-state index contributed by atoms with van der Waals surface area (Å²) in [6.45, 7) is 4.38. The molecule has 0 bridgehead atoms. The molecule has 0 atom stereocenters. The lowest BCUT2D eigenvalue weighted by Crippen LogP contribution is -2.23. The number of aromatic nitrogens is 4. The molecule has 1 fully saturated rings. The Bertz CT molecular complexity index is 514. The molecule has 2 N–H and O–H groups in total. The lowest BCUT2D eigenvalue weighted by molar-refractivity contribution is 0.324. The Balaban J connectivity index is 1.78. The van der Waals surface area contributed by atoms with Gasteiger partial charge < -0.3 is 15.2 Å². The van der Waals surface area contributed by atoms with Crippen molar-refractivity contribution in [3.05, 3.63) is 12.7 Å². The van der Waals surface area contributed by atoms with Crippen LogP contribution in [0.4, 0.5) is 5.82 Å². The van der Waals surface area contributed by atoms with Crippen LogP contribution >= 0.6 is 0 Å². The van der Waals surface area contributed by atoms with Gasteiger partial charge in [0.1, 0.15) is 11.8 Å². The molecule has 0 spiro atoms. The highest BCUT2D eigenvalue weighted by molar-refractivity contribution is 5.80. The molecule has 2 aromatic heterocycles. The Labute approximate surface area is 99.5 Å². The largest absolute Gasteiger partial charge is 0.382 e. The summed E-state index contributed by atoms with van der Waals surface area (Å²) in [5.41, 5.74) is 7.28. The summed E-state index contributed by atoms with van der Waals surface area (Å²) in [5, 5.41) is 0. The third kappa shape index (κ3) is 1.95. The van der Waals surface area contributed by atoms with Gasteiger partial charge in [0, 0.05) is 13.1 Å². The molecule has 0 aromatic carbocycles. The smallest absolute Gasteiger partial charge is 0.165 e. The second-order valence-electron chi connectivity index (χ2n) is 4.42. The van der Waals surface area contributed by atoms with Crippen LogP contribution in [0.25, 0.3) is 11.2 Å². The Hall–Kier alpha value is -1.69. The van der Waals surface area contributed by atoms with Gasteiger partial charge in [-0.15, -0.1) is 0 Å². The van der Waals surface area contributed by atoms with Crippen molar-refractivity contribution in [1.82, 2.24) is 24.4 Å². The number of rotatable bonds is 3. The van der Waals surface area contributed by atoms with E-state index in [1.165, 1.54) is 32.3 Å². The zero-order chi connectivity index (χ0) is 11.7. The van der Waals surface area contributed by atoms with Crippen LogP contribution in [0.1, 0.15) is 12.8 Å². The zero-order valence-electron chi connectivity index (χ0n) is 9.71. The van der Waals surface area contributed by atoms with Gasteiger partial charge in [0.15, 0.2) is 11.5 Å². The second-order valence-corrected chi connectivity index (χ2v) is 4.42. The van der Waals surface area contributed by atoms with Crippen molar-refractivity contribution < 1.29 is 0 Å². The van der Waals surface area contributed by atoms with Crippen LogP contribution in [0.2, 0.25) is 0 Å². The van der Waals surface area contributed by atoms with Gasteiger partial charge in [-0.25, -0.2) is 15.0 Å². The molecule has 17 heavy (non-hydrogen) atoms. The first-order valence-electron chi connectivity index (χ1n) is 5.98. The first-order chi connectivity index (χ1) is 8.34. The Morgan fingerprint density at radius 2 is 1.94 bits per heavy atom. The van der Waals surface area contributed by atoms with Gasteiger partial charge in [0.2, 0.25) is 0 Å². The molecule has 2 aromatic rings. The Morgan fingerprint density at radius 1 is 1.12 bits per heavy atom. The lowest BCUT2D eigenvalue weighted by Gasteiger charge is -2.14. The molecule has 90 valence electrons.